The number of likely N-dealkylation sites (N-methyl/N-ethyl adjacent to an activating group) is 1. The van der Waals surface area contributed by atoms with Gasteiger partial charge in [-0.3, -0.25) is 14.5 Å². The summed E-state index contributed by atoms with van der Waals surface area (Å²) in [6, 6.07) is 9.56. The van der Waals surface area contributed by atoms with Gasteiger partial charge in [0.1, 0.15) is 5.75 Å². The van der Waals surface area contributed by atoms with Crippen LogP contribution in [0.15, 0.2) is 47.6 Å². The molecule has 1 saturated heterocycles. The molecule has 0 spiro atoms. The highest BCUT2D eigenvalue weighted by molar-refractivity contribution is 8.18. The molecule has 1 aromatic carbocycles. The number of benzene rings is 1. The van der Waals surface area contributed by atoms with E-state index in [1.807, 2.05) is 47.3 Å². The summed E-state index contributed by atoms with van der Waals surface area (Å²) in [5.41, 5.74) is 1.86. The molecule has 22 heavy (non-hydrogen) atoms. The molecule has 0 bridgehead atoms. The van der Waals surface area contributed by atoms with E-state index in [-0.39, 0.29) is 11.1 Å². The lowest BCUT2D eigenvalue weighted by Gasteiger charge is -2.04. The Morgan fingerprint density at radius 2 is 1.86 bits per heavy atom. The number of hydrogen-bond acceptors (Lipinski definition) is 4. The first-order valence-electron chi connectivity index (χ1n) is 6.62. The van der Waals surface area contributed by atoms with Gasteiger partial charge in [0, 0.05) is 25.1 Å². The summed E-state index contributed by atoms with van der Waals surface area (Å²) in [4.78, 5) is 24.9. The Balaban J connectivity index is 1.85. The Bertz CT molecular complexity index is 762. The maximum absolute atomic E-state index is 11.9. The average molecular weight is 314 g/mol. The van der Waals surface area contributed by atoms with Gasteiger partial charge in [-0.25, -0.2) is 0 Å². The average Bonchev–Trinajstić information content (AvgIpc) is 3.09. The lowest BCUT2D eigenvalue weighted by atomic mass is 10.3. The number of methoxy groups -OCH3 is 1. The minimum Gasteiger partial charge on any atom is -0.497 e. The lowest BCUT2D eigenvalue weighted by molar-refractivity contribution is -0.121. The van der Waals surface area contributed by atoms with Crippen molar-refractivity contribution in [2.75, 3.05) is 14.2 Å². The van der Waals surface area contributed by atoms with E-state index in [0.29, 0.717) is 4.91 Å². The summed E-state index contributed by atoms with van der Waals surface area (Å²) >= 11 is 0.959. The third kappa shape index (κ3) is 2.65. The Morgan fingerprint density at radius 3 is 2.45 bits per heavy atom. The number of thioether (sulfide) groups is 1. The highest BCUT2D eigenvalue weighted by Crippen LogP contribution is 2.31. The highest BCUT2D eigenvalue weighted by atomic mass is 32.2. The lowest BCUT2D eigenvalue weighted by Crippen LogP contribution is -2.22. The van der Waals surface area contributed by atoms with Crippen LogP contribution in [0.5, 0.6) is 5.75 Å². The molecule has 6 heteroatoms. The number of amides is 2. The van der Waals surface area contributed by atoms with Crippen LogP contribution in [0, 0.1) is 0 Å². The Kier molecular flexibility index (Phi) is 3.77. The summed E-state index contributed by atoms with van der Waals surface area (Å²) in [6.07, 6.45) is 5.55. The van der Waals surface area contributed by atoms with Crippen molar-refractivity contribution in [2.24, 2.45) is 0 Å². The molecular weight excluding hydrogens is 300 g/mol. The smallest absolute Gasteiger partial charge is 0.293 e. The van der Waals surface area contributed by atoms with Gasteiger partial charge in [0.15, 0.2) is 0 Å². The SMILES string of the molecule is COc1ccc(-n2ccc(/C=C3\SC(=O)N(C)C3=O)c2)cc1. The molecule has 0 radical (unpaired) electrons. The molecule has 5 nitrogen and oxygen atoms in total. The fraction of sp³-hybridized carbons (Fsp3) is 0.125. The first-order chi connectivity index (χ1) is 10.6. The number of rotatable bonds is 3. The molecule has 112 valence electrons. The van der Waals surface area contributed by atoms with E-state index in [1.54, 1.807) is 13.2 Å². The molecule has 1 aliphatic heterocycles. The van der Waals surface area contributed by atoms with Crippen LogP contribution >= 0.6 is 11.8 Å². The zero-order valence-electron chi connectivity index (χ0n) is 12.1. The highest BCUT2D eigenvalue weighted by Gasteiger charge is 2.31. The predicted octanol–water partition coefficient (Wildman–Crippen LogP) is 3.15. The van der Waals surface area contributed by atoms with Crippen LogP contribution in [0.3, 0.4) is 0 Å². The Morgan fingerprint density at radius 1 is 1.14 bits per heavy atom. The molecule has 2 aromatic rings. The van der Waals surface area contributed by atoms with E-state index in [2.05, 4.69) is 0 Å². The molecule has 1 fully saturated rings. The van der Waals surface area contributed by atoms with Crippen molar-refractivity contribution in [2.45, 2.75) is 0 Å². The Labute approximate surface area is 132 Å². The van der Waals surface area contributed by atoms with Crippen LogP contribution in [-0.2, 0) is 4.79 Å². The summed E-state index contributed by atoms with van der Waals surface area (Å²) in [5, 5.41) is -0.245. The van der Waals surface area contributed by atoms with Gasteiger partial charge in [0.2, 0.25) is 0 Å². The first kappa shape index (κ1) is 14.5. The van der Waals surface area contributed by atoms with Gasteiger partial charge in [-0.1, -0.05) is 0 Å². The van der Waals surface area contributed by atoms with Crippen molar-refractivity contribution in [3.63, 3.8) is 0 Å². The van der Waals surface area contributed by atoms with Crippen molar-refractivity contribution in [3.8, 4) is 11.4 Å². The number of carbonyl (C=O) groups excluding carboxylic acids is 2. The number of carbonyl (C=O) groups is 2. The zero-order valence-corrected chi connectivity index (χ0v) is 13.0. The molecule has 3 rings (SSSR count). The normalized spacial score (nSPS) is 16.6. The van der Waals surface area contributed by atoms with Crippen molar-refractivity contribution < 1.29 is 14.3 Å². The fourth-order valence-electron chi connectivity index (χ4n) is 2.11. The van der Waals surface area contributed by atoms with Gasteiger partial charge in [-0.05, 0) is 53.7 Å². The van der Waals surface area contributed by atoms with Crippen LogP contribution in [0.1, 0.15) is 5.56 Å². The molecule has 0 N–H and O–H groups in total. The van der Waals surface area contributed by atoms with Crippen molar-refractivity contribution >= 4 is 29.0 Å². The van der Waals surface area contributed by atoms with E-state index in [1.165, 1.54) is 7.05 Å². The zero-order chi connectivity index (χ0) is 15.7. The first-order valence-corrected chi connectivity index (χ1v) is 7.44. The minimum atomic E-state index is -0.257. The van der Waals surface area contributed by atoms with Crippen molar-refractivity contribution in [1.29, 1.82) is 0 Å². The number of aromatic nitrogens is 1. The van der Waals surface area contributed by atoms with Gasteiger partial charge >= 0.3 is 0 Å². The second-order valence-corrected chi connectivity index (χ2v) is 5.78. The van der Waals surface area contributed by atoms with E-state index in [4.69, 9.17) is 4.74 Å². The van der Waals surface area contributed by atoms with Crippen LogP contribution in [0.25, 0.3) is 11.8 Å². The van der Waals surface area contributed by atoms with Gasteiger partial charge < -0.3 is 9.30 Å². The molecule has 0 unspecified atom stereocenters. The Hall–Kier alpha value is -2.47. The van der Waals surface area contributed by atoms with Crippen molar-refractivity contribution in [3.05, 3.63) is 53.2 Å². The van der Waals surface area contributed by atoms with Gasteiger partial charge in [-0.2, -0.15) is 0 Å². The molecule has 0 atom stereocenters. The van der Waals surface area contributed by atoms with E-state index in [9.17, 15) is 9.59 Å². The fourth-order valence-corrected chi connectivity index (χ4v) is 2.94. The summed E-state index contributed by atoms with van der Waals surface area (Å²) < 4.78 is 7.08. The van der Waals surface area contributed by atoms with E-state index >= 15 is 0 Å². The van der Waals surface area contributed by atoms with Gasteiger partial charge in [-0.15, -0.1) is 0 Å². The minimum absolute atomic E-state index is 0.245. The number of nitrogens with zero attached hydrogens (tertiary/aromatic N) is 2. The summed E-state index contributed by atoms with van der Waals surface area (Å²) in [7, 11) is 3.12. The summed E-state index contributed by atoms with van der Waals surface area (Å²) in [6.45, 7) is 0. The van der Waals surface area contributed by atoms with Crippen molar-refractivity contribution in [1.82, 2.24) is 9.47 Å². The molecule has 0 aliphatic carbocycles. The molecule has 1 aliphatic rings. The molecule has 1 aromatic heterocycles. The standard InChI is InChI=1S/C16H14N2O3S/c1-17-15(19)14(22-16(17)20)9-11-7-8-18(10-11)12-3-5-13(21-2)6-4-12/h3-10H,1-2H3/b14-9-. The van der Waals surface area contributed by atoms with Crippen LogP contribution < -0.4 is 4.74 Å². The maximum Gasteiger partial charge on any atom is 0.293 e. The number of hydrogen-bond donors (Lipinski definition) is 0. The largest absolute Gasteiger partial charge is 0.497 e. The summed E-state index contributed by atoms with van der Waals surface area (Å²) in [5.74, 6) is 0.542. The quantitative estimate of drug-likeness (QED) is 0.817. The van der Waals surface area contributed by atoms with Crippen LogP contribution in [0.2, 0.25) is 0 Å². The molecule has 0 saturated carbocycles. The van der Waals surface area contributed by atoms with Crippen LogP contribution in [-0.4, -0.2) is 34.8 Å². The second kappa shape index (κ2) is 5.73. The van der Waals surface area contributed by atoms with Gasteiger partial charge in [0.05, 0.1) is 12.0 Å². The maximum atomic E-state index is 11.9. The third-order valence-electron chi connectivity index (χ3n) is 3.37. The third-order valence-corrected chi connectivity index (χ3v) is 4.33. The number of imide groups is 1. The van der Waals surface area contributed by atoms with E-state index in [0.717, 1.165) is 33.7 Å². The molecular formula is C16H14N2O3S. The second-order valence-electron chi connectivity index (χ2n) is 4.79. The van der Waals surface area contributed by atoms with Gasteiger partial charge in [0.25, 0.3) is 11.1 Å². The topological polar surface area (TPSA) is 51.5 Å². The van der Waals surface area contributed by atoms with E-state index < -0.39 is 0 Å². The number of ether oxygens (including phenoxy) is 1. The molecule has 2 heterocycles. The molecule has 2 amide bonds. The predicted molar refractivity (Wildman–Crippen MR) is 86.1 cm³/mol. The monoisotopic (exact) mass is 314 g/mol. The van der Waals surface area contributed by atoms with Crippen LogP contribution in [0.4, 0.5) is 4.79 Å².